The predicted molar refractivity (Wildman–Crippen MR) is 69.2 cm³/mol. The van der Waals surface area contributed by atoms with E-state index in [2.05, 4.69) is 38.1 Å². The van der Waals surface area contributed by atoms with Crippen LogP contribution in [0.2, 0.25) is 0 Å². The smallest absolute Gasteiger partial charge is 0.303 e. The van der Waals surface area contributed by atoms with Gasteiger partial charge in [0.1, 0.15) is 0 Å². The Balaban J connectivity index is 2.71. The molecule has 1 rings (SSSR count). The van der Waals surface area contributed by atoms with Crippen LogP contribution in [0.3, 0.4) is 0 Å². The Labute approximate surface area is 103 Å². The van der Waals surface area contributed by atoms with Crippen LogP contribution in [0.5, 0.6) is 0 Å². The molecule has 1 aromatic rings. The average Bonchev–Trinajstić information content (AvgIpc) is 2.30. The number of hydrogen-bond donors (Lipinski definition) is 2. The van der Waals surface area contributed by atoms with Gasteiger partial charge in [-0.1, -0.05) is 38.1 Å². The Kier molecular flexibility index (Phi) is 5.16. The van der Waals surface area contributed by atoms with Gasteiger partial charge in [0.25, 0.3) is 0 Å². The van der Waals surface area contributed by atoms with Crippen molar-refractivity contribution in [2.75, 3.05) is 6.54 Å². The largest absolute Gasteiger partial charge is 0.481 e. The molecule has 0 aromatic heterocycles. The number of rotatable bonds is 6. The normalized spacial score (nSPS) is 12.7. The Morgan fingerprint density at radius 1 is 1.24 bits per heavy atom. The van der Waals surface area contributed by atoms with Crippen LogP contribution in [0.15, 0.2) is 24.3 Å². The van der Waals surface area contributed by atoms with E-state index in [1.54, 1.807) is 0 Å². The molecule has 17 heavy (non-hydrogen) atoms. The lowest BCUT2D eigenvalue weighted by Gasteiger charge is -2.15. The van der Waals surface area contributed by atoms with E-state index in [0.29, 0.717) is 18.9 Å². The number of carboxylic acids is 1. The molecule has 0 aliphatic heterocycles. The summed E-state index contributed by atoms with van der Waals surface area (Å²) in [5.41, 5.74) is 8.13. The van der Waals surface area contributed by atoms with E-state index >= 15 is 0 Å². The standard InChI is InChI=1S/C14H21NO2/c1-10(2)11-3-5-12(6-4-11)13(9-15)7-8-14(16)17/h3-6,10,13H,7-9,15H2,1-2H3,(H,16,17). The van der Waals surface area contributed by atoms with Gasteiger partial charge >= 0.3 is 5.97 Å². The molecule has 0 saturated heterocycles. The first-order chi connectivity index (χ1) is 8.04. The second-order valence-corrected chi connectivity index (χ2v) is 4.69. The van der Waals surface area contributed by atoms with Crippen LogP contribution in [0.1, 0.15) is 49.7 Å². The molecule has 0 saturated carbocycles. The molecule has 1 atom stereocenters. The van der Waals surface area contributed by atoms with Crippen LogP contribution in [0.4, 0.5) is 0 Å². The molecule has 3 nitrogen and oxygen atoms in total. The first-order valence-electron chi connectivity index (χ1n) is 6.06. The third kappa shape index (κ3) is 4.19. The minimum Gasteiger partial charge on any atom is -0.481 e. The van der Waals surface area contributed by atoms with E-state index in [1.807, 2.05) is 0 Å². The lowest BCUT2D eigenvalue weighted by molar-refractivity contribution is -0.137. The van der Waals surface area contributed by atoms with Crippen molar-refractivity contribution in [3.8, 4) is 0 Å². The molecule has 0 spiro atoms. The highest BCUT2D eigenvalue weighted by atomic mass is 16.4. The Hall–Kier alpha value is -1.35. The number of hydrogen-bond acceptors (Lipinski definition) is 2. The van der Waals surface area contributed by atoms with E-state index in [4.69, 9.17) is 10.8 Å². The van der Waals surface area contributed by atoms with Crippen molar-refractivity contribution < 1.29 is 9.90 Å². The molecule has 0 heterocycles. The second-order valence-electron chi connectivity index (χ2n) is 4.69. The highest BCUT2D eigenvalue weighted by molar-refractivity contribution is 5.66. The molecule has 0 bridgehead atoms. The molecule has 1 aromatic carbocycles. The van der Waals surface area contributed by atoms with Gasteiger partial charge < -0.3 is 10.8 Å². The Morgan fingerprint density at radius 3 is 2.18 bits per heavy atom. The zero-order valence-electron chi connectivity index (χ0n) is 10.5. The Bertz CT molecular complexity index is 357. The molecular weight excluding hydrogens is 214 g/mol. The first-order valence-corrected chi connectivity index (χ1v) is 6.06. The monoisotopic (exact) mass is 235 g/mol. The van der Waals surface area contributed by atoms with Gasteiger partial charge in [0, 0.05) is 6.42 Å². The lowest BCUT2D eigenvalue weighted by atomic mass is 9.92. The number of carbonyl (C=O) groups is 1. The van der Waals surface area contributed by atoms with Crippen LogP contribution in [0, 0.1) is 0 Å². The highest BCUT2D eigenvalue weighted by Gasteiger charge is 2.11. The SMILES string of the molecule is CC(C)c1ccc(C(CN)CCC(=O)O)cc1. The fourth-order valence-corrected chi connectivity index (χ4v) is 1.87. The highest BCUT2D eigenvalue weighted by Crippen LogP contribution is 2.22. The molecule has 0 fully saturated rings. The van der Waals surface area contributed by atoms with Gasteiger partial charge in [-0.25, -0.2) is 0 Å². The third-order valence-corrected chi connectivity index (χ3v) is 3.07. The van der Waals surface area contributed by atoms with E-state index in [-0.39, 0.29) is 12.3 Å². The van der Waals surface area contributed by atoms with E-state index in [9.17, 15) is 4.79 Å². The van der Waals surface area contributed by atoms with Crippen molar-refractivity contribution in [2.45, 2.75) is 38.5 Å². The zero-order valence-corrected chi connectivity index (χ0v) is 10.5. The van der Waals surface area contributed by atoms with Crippen molar-refractivity contribution in [3.63, 3.8) is 0 Å². The summed E-state index contributed by atoms with van der Waals surface area (Å²) in [6.07, 6.45) is 0.778. The van der Waals surface area contributed by atoms with Crippen molar-refractivity contribution in [3.05, 3.63) is 35.4 Å². The van der Waals surface area contributed by atoms with Gasteiger partial charge in [0.2, 0.25) is 0 Å². The van der Waals surface area contributed by atoms with Crippen LogP contribution >= 0.6 is 0 Å². The fraction of sp³-hybridized carbons (Fsp3) is 0.500. The topological polar surface area (TPSA) is 63.3 Å². The zero-order chi connectivity index (χ0) is 12.8. The van der Waals surface area contributed by atoms with Crippen molar-refractivity contribution in [2.24, 2.45) is 5.73 Å². The molecule has 1 unspecified atom stereocenters. The van der Waals surface area contributed by atoms with Crippen molar-refractivity contribution >= 4 is 5.97 Å². The second kappa shape index (κ2) is 6.40. The summed E-state index contributed by atoms with van der Waals surface area (Å²) in [7, 11) is 0. The van der Waals surface area contributed by atoms with Gasteiger partial charge in [-0.05, 0) is 35.9 Å². The molecule has 0 aliphatic rings. The van der Waals surface area contributed by atoms with Crippen LogP contribution < -0.4 is 5.73 Å². The van der Waals surface area contributed by atoms with Crippen LogP contribution in [-0.2, 0) is 4.79 Å². The lowest BCUT2D eigenvalue weighted by Crippen LogP contribution is -2.14. The quantitative estimate of drug-likeness (QED) is 0.796. The average molecular weight is 235 g/mol. The van der Waals surface area contributed by atoms with Crippen LogP contribution in [0.25, 0.3) is 0 Å². The van der Waals surface area contributed by atoms with E-state index < -0.39 is 5.97 Å². The minimum absolute atomic E-state index is 0.146. The van der Waals surface area contributed by atoms with Crippen LogP contribution in [-0.4, -0.2) is 17.6 Å². The molecule has 0 radical (unpaired) electrons. The summed E-state index contributed by atoms with van der Waals surface area (Å²) in [6.45, 7) is 4.80. The minimum atomic E-state index is -0.762. The molecule has 94 valence electrons. The maximum atomic E-state index is 10.6. The maximum Gasteiger partial charge on any atom is 0.303 e. The van der Waals surface area contributed by atoms with Gasteiger partial charge in [-0.2, -0.15) is 0 Å². The number of aliphatic carboxylic acids is 1. The van der Waals surface area contributed by atoms with E-state index in [1.165, 1.54) is 5.56 Å². The first kappa shape index (κ1) is 13.7. The van der Waals surface area contributed by atoms with Gasteiger partial charge in [0.05, 0.1) is 0 Å². The summed E-state index contributed by atoms with van der Waals surface area (Å²) >= 11 is 0. The summed E-state index contributed by atoms with van der Waals surface area (Å²) in [5, 5.41) is 8.68. The van der Waals surface area contributed by atoms with Crippen molar-refractivity contribution in [1.82, 2.24) is 0 Å². The molecule has 3 N–H and O–H groups in total. The maximum absolute atomic E-state index is 10.6. The molecule has 3 heteroatoms. The van der Waals surface area contributed by atoms with Gasteiger partial charge in [0.15, 0.2) is 0 Å². The number of benzene rings is 1. The van der Waals surface area contributed by atoms with Crippen molar-refractivity contribution in [1.29, 1.82) is 0 Å². The molecule has 0 amide bonds. The summed E-state index contributed by atoms with van der Waals surface area (Å²) in [5.74, 6) is -0.103. The number of nitrogens with two attached hydrogens (primary N) is 1. The Morgan fingerprint density at radius 2 is 1.76 bits per heavy atom. The summed E-state index contributed by atoms with van der Waals surface area (Å²) in [4.78, 5) is 10.6. The van der Waals surface area contributed by atoms with Gasteiger partial charge in [-0.3, -0.25) is 4.79 Å². The van der Waals surface area contributed by atoms with E-state index in [0.717, 1.165) is 5.56 Å². The fourth-order valence-electron chi connectivity index (χ4n) is 1.87. The third-order valence-electron chi connectivity index (χ3n) is 3.07. The number of carboxylic acid groups (broad SMARTS) is 1. The predicted octanol–water partition coefficient (Wildman–Crippen LogP) is 2.72. The molecule has 0 aliphatic carbocycles. The summed E-state index contributed by atoms with van der Waals surface area (Å²) < 4.78 is 0. The molecular formula is C14H21NO2. The summed E-state index contributed by atoms with van der Waals surface area (Å²) in [6, 6.07) is 8.33. The van der Waals surface area contributed by atoms with Gasteiger partial charge in [-0.15, -0.1) is 0 Å².